The van der Waals surface area contributed by atoms with Gasteiger partial charge in [0.2, 0.25) is 5.91 Å². The van der Waals surface area contributed by atoms with Crippen LogP contribution in [-0.2, 0) is 4.79 Å². The van der Waals surface area contributed by atoms with Crippen LogP contribution in [0, 0.1) is 15.5 Å². The third kappa shape index (κ3) is 3.78. The molecule has 0 aromatic heterocycles. The predicted octanol–water partition coefficient (Wildman–Crippen LogP) is 2.54. The Labute approximate surface area is 124 Å². The molecule has 1 aromatic rings. The lowest BCUT2D eigenvalue weighted by molar-refractivity contribution is -0.384. The molecule has 0 saturated heterocycles. The van der Waals surface area contributed by atoms with Crippen molar-refractivity contribution in [1.29, 1.82) is 0 Å². The maximum Gasteiger partial charge on any atom is 0.269 e. The summed E-state index contributed by atoms with van der Waals surface area (Å²) in [5.74, 6) is -0.186. The Kier molecular flexibility index (Phi) is 4.73. The average Bonchev–Trinajstić information content (AvgIpc) is 2.37. The van der Waals surface area contributed by atoms with Crippen LogP contribution in [-0.4, -0.2) is 16.4 Å². The van der Waals surface area contributed by atoms with Gasteiger partial charge in [0.25, 0.3) is 5.69 Å². The monoisotopic (exact) mass is 293 g/mol. The van der Waals surface area contributed by atoms with Gasteiger partial charge in [0, 0.05) is 17.7 Å². The minimum Gasteiger partial charge on any atom is -0.349 e. The van der Waals surface area contributed by atoms with E-state index in [0.717, 1.165) is 0 Å². The molecule has 0 saturated carbocycles. The van der Waals surface area contributed by atoms with Crippen LogP contribution in [0.15, 0.2) is 24.3 Å². The van der Waals surface area contributed by atoms with Crippen LogP contribution in [0.25, 0.3) is 0 Å². The average molecular weight is 293 g/mol. The highest BCUT2D eigenvalue weighted by molar-refractivity contribution is 5.83. The lowest BCUT2D eigenvalue weighted by atomic mass is 9.74. The normalized spacial score (nSPS) is 13.6. The summed E-state index contributed by atoms with van der Waals surface area (Å²) in [5, 5.41) is 13.7. The third-order valence-electron chi connectivity index (χ3n) is 4.11. The number of hydrogen-bond acceptors (Lipinski definition) is 4. The fourth-order valence-corrected chi connectivity index (χ4v) is 1.66. The molecule has 0 bridgehead atoms. The molecule has 1 atom stereocenters. The van der Waals surface area contributed by atoms with Crippen molar-refractivity contribution >= 4 is 11.6 Å². The standard InChI is InChI=1S/C15H23N3O3/c1-10(11-7-6-8-12(9-11)18(20)21)17-13(19)14(2,3)15(4,5)16/h6-10H,16H2,1-5H3,(H,17,19). The number of benzene rings is 1. The highest BCUT2D eigenvalue weighted by atomic mass is 16.6. The summed E-state index contributed by atoms with van der Waals surface area (Å²) in [6.07, 6.45) is 0. The molecule has 0 radical (unpaired) electrons. The van der Waals surface area contributed by atoms with E-state index >= 15 is 0 Å². The Morgan fingerprint density at radius 2 is 1.90 bits per heavy atom. The molecule has 21 heavy (non-hydrogen) atoms. The topological polar surface area (TPSA) is 98.3 Å². The number of nitrogens with two attached hydrogens (primary N) is 1. The number of nitro benzene ring substituents is 1. The molecule has 1 aromatic carbocycles. The van der Waals surface area contributed by atoms with Crippen molar-refractivity contribution < 1.29 is 9.72 Å². The quantitative estimate of drug-likeness (QED) is 0.643. The van der Waals surface area contributed by atoms with E-state index < -0.39 is 15.9 Å². The maximum atomic E-state index is 12.4. The molecule has 6 heteroatoms. The first kappa shape index (κ1) is 17.1. The minimum absolute atomic E-state index is 0.00649. The van der Waals surface area contributed by atoms with Gasteiger partial charge in [-0.3, -0.25) is 14.9 Å². The molecule has 1 amide bonds. The lowest BCUT2D eigenvalue weighted by Gasteiger charge is -2.37. The van der Waals surface area contributed by atoms with Crippen LogP contribution in [0.4, 0.5) is 5.69 Å². The van der Waals surface area contributed by atoms with E-state index in [4.69, 9.17) is 5.73 Å². The first-order valence-corrected chi connectivity index (χ1v) is 6.81. The Morgan fingerprint density at radius 3 is 2.38 bits per heavy atom. The summed E-state index contributed by atoms with van der Waals surface area (Å²) in [6, 6.07) is 5.91. The van der Waals surface area contributed by atoms with Gasteiger partial charge in [-0.15, -0.1) is 0 Å². The summed E-state index contributed by atoms with van der Waals surface area (Å²) in [5.41, 5.74) is 5.29. The van der Waals surface area contributed by atoms with Crippen molar-refractivity contribution in [2.75, 3.05) is 0 Å². The second kappa shape index (κ2) is 5.81. The third-order valence-corrected chi connectivity index (χ3v) is 4.11. The SMILES string of the molecule is CC(NC(=O)C(C)(C)C(C)(C)N)c1cccc([N+](=O)[O-])c1. The van der Waals surface area contributed by atoms with Gasteiger partial charge in [0.05, 0.1) is 16.4 Å². The fraction of sp³-hybridized carbons (Fsp3) is 0.533. The number of carbonyl (C=O) groups is 1. The Bertz CT molecular complexity index is 547. The number of hydrogen-bond donors (Lipinski definition) is 2. The van der Waals surface area contributed by atoms with Crippen molar-refractivity contribution in [2.45, 2.75) is 46.2 Å². The van der Waals surface area contributed by atoms with E-state index in [0.29, 0.717) is 5.56 Å². The molecule has 116 valence electrons. The van der Waals surface area contributed by atoms with E-state index in [2.05, 4.69) is 5.32 Å². The van der Waals surface area contributed by atoms with Gasteiger partial charge in [0.1, 0.15) is 0 Å². The number of nitro groups is 1. The predicted molar refractivity (Wildman–Crippen MR) is 81.7 cm³/mol. The molecule has 0 spiro atoms. The molecule has 1 unspecified atom stereocenters. The molecule has 0 heterocycles. The number of nitrogens with one attached hydrogen (secondary N) is 1. The molecule has 0 aliphatic heterocycles. The minimum atomic E-state index is -0.762. The zero-order valence-corrected chi connectivity index (χ0v) is 13.1. The van der Waals surface area contributed by atoms with Gasteiger partial charge in [-0.1, -0.05) is 12.1 Å². The summed E-state index contributed by atoms with van der Waals surface area (Å²) >= 11 is 0. The van der Waals surface area contributed by atoms with E-state index in [9.17, 15) is 14.9 Å². The van der Waals surface area contributed by atoms with Crippen molar-refractivity contribution in [3.8, 4) is 0 Å². The van der Waals surface area contributed by atoms with Gasteiger partial charge >= 0.3 is 0 Å². The molecule has 0 aliphatic carbocycles. The summed E-state index contributed by atoms with van der Waals surface area (Å²) in [6.45, 7) is 8.94. The number of nitrogens with zero attached hydrogens (tertiary/aromatic N) is 1. The summed E-state index contributed by atoms with van der Waals surface area (Å²) < 4.78 is 0. The Morgan fingerprint density at radius 1 is 1.33 bits per heavy atom. The van der Waals surface area contributed by atoms with E-state index in [1.807, 2.05) is 0 Å². The second-order valence-electron chi connectivity index (χ2n) is 6.39. The van der Waals surface area contributed by atoms with Gasteiger partial charge in [-0.25, -0.2) is 0 Å². The molecule has 3 N–H and O–H groups in total. The highest BCUT2D eigenvalue weighted by Gasteiger charge is 2.40. The van der Waals surface area contributed by atoms with Crippen LogP contribution in [0.3, 0.4) is 0 Å². The fourth-order valence-electron chi connectivity index (χ4n) is 1.66. The van der Waals surface area contributed by atoms with Gasteiger partial charge in [0.15, 0.2) is 0 Å². The van der Waals surface area contributed by atoms with Crippen molar-refractivity contribution in [2.24, 2.45) is 11.1 Å². The number of rotatable bonds is 5. The smallest absolute Gasteiger partial charge is 0.269 e. The van der Waals surface area contributed by atoms with Gasteiger partial charge in [-0.05, 0) is 40.2 Å². The van der Waals surface area contributed by atoms with E-state index in [1.165, 1.54) is 12.1 Å². The highest BCUT2D eigenvalue weighted by Crippen LogP contribution is 2.29. The maximum absolute atomic E-state index is 12.4. The van der Waals surface area contributed by atoms with Crippen LogP contribution in [0.5, 0.6) is 0 Å². The van der Waals surface area contributed by atoms with Crippen molar-refractivity contribution in [1.82, 2.24) is 5.32 Å². The first-order chi connectivity index (χ1) is 9.46. The molecule has 0 fully saturated rings. The molecule has 1 rings (SSSR count). The van der Waals surface area contributed by atoms with Crippen LogP contribution in [0.2, 0.25) is 0 Å². The van der Waals surface area contributed by atoms with Crippen LogP contribution >= 0.6 is 0 Å². The first-order valence-electron chi connectivity index (χ1n) is 6.81. The molecule has 6 nitrogen and oxygen atoms in total. The van der Waals surface area contributed by atoms with Crippen molar-refractivity contribution in [3.05, 3.63) is 39.9 Å². The lowest BCUT2D eigenvalue weighted by Crippen LogP contribution is -2.55. The Balaban J connectivity index is 2.91. The number of carbonyl (C=O) groups excluding carboxylic acids is 1. The van der Waals surface area contributed by atoms with Crippen LogP contribution < -0.4 is 11.1 Å². The Hall–Kier alpha value is -1.95. The largest absolute Gasteiger partial charge is 0.349 e. The van der Waals surface area contributed by atoms with Crippen molar-refractivity contribution in [3.63, 3.8) is 0 Å². The number of non-ortho nitro benzene ring substituents is 1. The summed E-state index contributed by atoms with van der Waals surface area (Å²) in [4.78, 5) is 22.7. The number of amides is 1. The van der Waals surface area contributed by atoms with Crippen LogP contribution in [0.1, 0.15) is 46.2 Å². The second-order valence-corrected chi connectivity index (χ2v) is 6.39. The summed E-state index contributed by atoms with van der Waals surface area (Å²) in [7, 11) is 0. The zero-order chi connectivity index (χ0) is 16.4. The van der Waals surface area contributed by atoms with Gasteiger partial charge < -0.3 is 11.1 Å². The zero-order valence-electron chi connectivity index (χ0n) is 13.1. The van der Waals surface area contributed by atoms with E-state index in [1.54, 1.807) is 46.8 Å². The van der Waals surface area contributed by atoms with Gasteiger partial charge in [-0.2, -0.15) is 0 Å². The van der Waals surface area contributed by atoms with E-state index in [-0.39, 0.29) is 17.6 Å². The molecular formula is C15H23N3O3. The molecule has 0 aliphatic rings. The molecular weight excluding hydrogens is 270 g/mol.